The molecule has 0 aliphatic heterocycles. The van der Waals surface area contributed by atoms with Gasteiger partial charge in [-0.3, -0.25) is 4.79 Å². The maximum Gasteiger partial charge on any atom is 0.297 e. The minimum atomic E-state index is -0.203. The number of hydrogen-bond donors (Lipinski definition) is 1. The van der Waals surface area contributed by atoms with E-state index in [-0.39, 0.29) is 11.3 Å². The minimum Gasteiger partial charge on any atom is -0.485 e. The molecule has 0 saturated carbocycles. The topological polar surface area (TPSA) is 66.5 Å². The van der Waals surface area contributed by atoms with Crippen molar-refractivity contribution in [2.75, 3.05) is 18.9 Å². The zero-order valence-corrected chi connectivity index (χ0v) is 23.2. The first kappa shape index (κ1) is 29.0. The molecule has 1 heterocycles. The molecule has 0 saturated heterocycles. The molecule has 1 aromatic heterocycles. The van der Waals surface area contributed by atoms with Crippen LogP contribution in [-0.2, 0) is 6.54 Å². The molecule has 5 heteroatoms. The number of rotatable bonds is 13. The van der Waals surface area contributed by atoms with Crippen molar-refractivity contribution in [3.63, 3.8) is 0 Å². The van der Waals surface area contributed by atoms with Crippen molar-refractivity contribution in [1.82, 2.24) is 4.57 Å². The number of allylic oxidation sites excluding steroid dienone is 6. The normalized spacial score (nSPS) is 12.0. The van der Waals surface area contributed by atoms with Gasteiger partial charge in [-0.1, -0.05) is 34.4 Å². The number of anilines is 1. The molecular weight excluding hydrogens is 448 g/mol. The first-order chi connectivity index (χ1) is 17.1. The maximum atomic E-state index is 13.4. The third-order valence-corrected chi connectivity index (χ3v) is 6.02. The highest BCUT2D eigenvalue weighted by Gasteiger charge is 2.19. The summed E-state index contributed by atoms with van der Waals surface area (Å²) in [6.45, 7) is 15.8. The van der Waals surface area contributed by atoms with Crippen molar-refractivity contribution in [3.05, 3.63) is 75.1 Å². The van der Waals surface area contributed by atoms with Gasteiger partial charge in [0.05, 0.1) is 5.52 Å². The van der Waals surface area contributed by atoms with E-state index < -0.39 is 0 Å². The zero-order valence-electron chi connectivity index (χ0n) is 23.2. The van der Waals surface area contributed by atoms with E-state index in [1.807, 2.05) is 31.2 Å². The molecule has 0 fully saturated rings. The third-order valence-electron chi connectivity index (χ3n) is 6.02. The van der Waals surface area contributed by atoms with Crippen molar-refractivity contribution in [2.24, 2.45) is 0 Å². The number of ether oxygens (including phenoxy) is 2. The van der Waals surface area contributed by atoms with E-state index in [0.717, 1.165) is 36.6 Å². The van der Waals surface area contributed by atoms with Crippen LogP contribution in [0.25, 0.3) is 10.9 Å². The SMILES string of the molecule is CCn1c(=O)c(OC/C=C(\C)CCC=C(C)C)c(OC/C=C(\C)CCC=C(C)C)c2ccc(N)cc21. The molecule has 36 heavy (non-hydrogen) atoms. The molecule has 2 rings (SSSR count). The number of aryl methyl sites for hydroxylation is 1. The van der Waals surface area contributed by atoms with Gasteiger partial charge < -0.3 is 19.8 Å². The molecule has 0 aliphatic rings. The number of pyridine rings is 1. The fourth-order valence-electron chi connectivity index (χ4n) is 3.92. The zero-order chi connectivity index (χ0) is 26.7. The predicted molar refractivity (Wildman–Crippen MR) is 154 cm³/mol. The Bertz CT molecular complexity index is 1200. The summed E-state index contributed by atoms with van der Waals surface area (Å²) in [5, 5.41) is 0.820. The molecule has 2 aromatic rings. The Morgan fingerprint density at radius 3 is 1.86 bits per heavy atom. The number of nitrogens with zero attached hydrogens (tertiary/aromatic N) is 1. The van der Waals surface area contributed by atoms with Crippen LogP contribution in [0.5, 0.6) is 11.5 Å². The van der Waals surface area contributed by atoms with E-state index in [2.05, 4.69) is 59.8 Å². The lowest BCUT2D eigenvalue weighted by atomic mass is 10.1. The van der Waals surface area contributed by atoms with Crippen LogP contribution >= 0.6 is 0 Å². The number of hydrogen-bond acceptors (Lipinski definition) is 4. The fourth-order valence-corrected chi connectivity index (χ4v) is 3.92. The van der Waals surface area contributed by atoms with E-state index in [9.17, 15) is 4.79 Å². The van der Waals surface area contributed by atoms with Crippen molar-refractivity contribution in [3.8, 4) is 11.5 Å². The van der Waals surface area contributed by atoms with Gasteiger partial charge in [0.15, 0.2) is 5.75 Å². The largest absolute Gasteiger partial charge is 0.485 e. The average Bonchev–Trinajstić information content (AvgIpc) is 2.80. The highest BCUT2D eigenvalue weighted by molar-refractivity contribution is 5.90. The van der Waals surface area contributed by atoms with Crippen molar-refractivity contribution < 1.29 is 9.47 Å². The van der Waals surface area contributed by atoms with Crippen LogP contribution in [0.1, 0.15) is 74.1 Å². The Morgan fingerprint density at radius 2 is 1.36 bits per heavy atom. The first-order valence-electron chi connectivity index (χ1n) is 12.9. The highest BCUT2D eigenvalue weighted by atomic mass is 16.5. The second kappa shape index (κ2) is 14.4. The first-order valence-corrected chi connectivity index (χ1v) is 12.9. The lowest BCUT2D eigenvalue weighted by Gasteiger charge is -2.17. The molecular formula is C31H44N2O3. The number of benzene rings is 1. The number of nitrogens with two attached hydrogens (primary N) is 1. The van der Waals surface area contributed by atoms with E-state index in [1.54, 1.807) is 4.57 Å². The highest BCUT2D eigenvalue weighted by Crippen LogP contribution is 2.34. The molecule has 0 unspecified atom stereocenters. The van der Waals surface area contributed by atoms with Gasteiger partial charge in [0.2, 0.25) is 5.75 Å². The van der Waals surface area contributed by atoms with Crippen LogP contribution in [0.15, 0.2) is 69.6 Å². The average molecular weight is 493 g/mol. The van der Waals surface area contributed by atoms with E-state index in [1.165, 1.54) is 22.3 Å². The Kier molecular flexibility index (Phi) is 11.6. The van der Waals surface area contributed by atoms with Gasteiger partial charge in [0, 0.05) is 17.6 Å². The summed E-state index contributed by atoms with van der Waals surface area (Å²) >= 11 is 0. The summed E-state index contributed by atoms with van der Waals surface area (Å²) in [4.78, 5) is 13.4. The third kappa shape index (κ3) is 8.78. The predicted octanol–water partition coefficient (Wildman–Crippen LogP) is 7.75. The lowest BCUT2D eigenvalue weighted by molar-refractivity contribution is 0.304. The molecule has 2 N–H and O–H groups in total. The fraction of sp³-hybridized carbons (Fsp3) is 0.452. The van der Waals surface area contributed by atoms with Crippen LogP contribution in [0.2, 0.25) is 0 Å². The molecule has 1 aromatic carbocycles. The van der Waals surface area contributed by atoms with Gasteiger partial charge in [-0.05, 0) is 105 Å². The number of fused-ring (bicyclic) bond motifs is 1. The minimum absolute atomic E-state index is 0.203. The van der Waals surface area contributed by atoms with Gasteiger partial charge in [0.1, 0.15) is 13.2 Å². The molecule has 0 spiro atoms. The van der Waals surface area contributed by atoms with Crippen LogP contribution < -0.4 is 20.8 Å². The molecule has 196 valence electrons. The van der Waals surface area contributed by atoms with Gasteiger partial charge >= 0.3 is 0 Å². The molecule has 0 bridgehead atoms. The van der Waals surface area contributed by atoms with Gasteiger partial charge in [0.25, 0.3) is 5.56 Å². The van der Waals surface area contributed by atoms with Crippen molar-refractivity contribution >= 4 is 16.6 Å². The van der Waals surface area contributed by atoms with Gasteiger partial charge in [-0.15, -0.1) is 0 Å². The Balaban J connectivity index is 2.35. The monoisotopic (exact) mass is 492 g/mol. The van der Waals surface area contributed by atoms with Crippen LogP contribution in [-0.4, -0.2) is 17.8 Å². The van der Waals surface area contributed by atoms with Gasteiger partial charge in [-0.2, -0.15) is 0 Å². The van der Waals surface area contributed by atoms with E-state index >= 15 is 0 Å². The summed E-state index contributed by atoms with van der Waals surface area (Å²) in [7, 11) is 0. The summed E-state index contributed by atoms with van der Waals surface area (Å²) in [5.41, 5.74) is 12.3. The lowest BCUT2D eigenvalue weighted by Crippen LogP contribution is -2.23. The van der Waals surface area contributed by atoms with Crippen LogP contribution in [0, 0.1) is 0 Å². The maximum absolute atomic E-state index is 13.4. The standard InChI is InChI=1S/C31H44N2O3/c1-8-33-28-21-26(32)15-16-27(28)29(35-19-17-24(6)13-9-11-22(2)3)30(31(33)34)36-20-18-25(7)14-10-12-23(4)5/h11-12,15-18,21H,8-10,13-14,19-20,32H2,1-7H3/b24-17+,25-18+. The summed E-state index contributed by atoms with van der Waals surface area (Å²) in [5.74, 6) is 0.724. The Hall–Kier alpha value is -3.21. The van der Waals surface area contributed by atoms with Crippen LogP contribution in [0.3, 0.4) is 0 Å². The second-order valence-corrected chi connectivity index (χ2v) is 9.85. The van der Waals surface area contributed by atoms with E-state index in [0.29, 0.717) is 31.2 Å². The van der Waals surface area contributed by atoms with Crippen molar-refractivity contribution in [2.45, 2.75) is 80.7 Å². The quantitative estimate of drug-likeness (QED) is 0.229. The van der Waals surface area contributed by atoms with Gasteiger partial charge in [-0.25, -0.2) is 0 Å². The van der Waals surface area contributed by atoms with Crippen LogP contribution in [0.4, 0.5) is 5.69 Å². The Morgan fingerprint density at radius 1 is 0.833 bits per heavy atom. The molecule has 5 nitrogen and oxygen atoms in total. The molecule has 0 atom stereocenters. The van der Waals surface area contributed by atoms with Crippen molar-refractivity contribution in [1.29, 1.82) is 0 Å². The smallest absolute Gasteiger partial charge is 0.297 e. The summed E-state index contributed by atoms with van der Waals surface area (Å²) in [6.07, 6.45) is 12.5. The summed E-state index contributed by atoms with van der Waals surface area (Å²) < 4.78 is 14.0. The number of aromatic nitrogens is 1. The summed E-state index contributed by atoms with van der Waals surface area (Å²) in [6, 6.07) is 5.56. The molecule has 0 aliphatic carbocycles. The second-order valence-electron chi connectivity index (χ2n) is 9.85. The molecule has 0 amide bonds. The number of nitrogen functional groups attached to an aromatic ring is 1. The van der Waals surface area contributed by atoms with E-state index in [4.69, 9.17) is 15.2 Å². The Labute approximate surface area is 217 Å². The molecule has 0 radical (unpaired) electrons.